The van der Waals surface area contributed by atoms with Crippen molar-refractivity contribution in [2.75, 3.05) is 20.1 Å². The molecule has 1 heterocycles. The molecule has 0 aliphatic heterocycles. The van der Waals surface area contributed by atoms with E-state index >= 15 is 0 Å². The second-order valence-electron chi connectivity index (χ2n) is 6.15. The first kappa shape index (κ1) is 16.3. The van der Waals surface area contributed by atoms with E-state index < -0.39 is 0 Å². The molecule has 0 saturated heterocycles. The Morgan fingerprint density at radius 1 is 1.36 bits per heavy atom. The highest BCUT2D eigenvalue weighted by atomic mass is 127. The van der Waals surface area contributed by atoms with Crippen molar-refractivity contribution in [3.05, 3.63) is 49.2 Å². The largest absolute Gasteiger partial charge is 0.507 e. The Labute approximate surface area is 150 Å². The van der Waals surface area contributed by atoms with Crippen LogP contribution in [0.1, 0.15) is 34.8 Å². The fourth-order valence-corrected chi connectivity index (χ4v) is 4.81. The average Bonchev–Trinajstić information content (AvgIpc) is 3.03. The zero-order valence-electron chi connectivity index (χ0n) is 12.9. The normalized spacial score (nSPS) is 17.7. The number of aromatic hydroxyl groups is 1. The quantitative estimate of drug-likeness (QED) is 0.703. The van der Waals surface area contributed by atoms with Crippen LogP contribution in [0, 0.1) is 3.57 Å². The summed E-state index contributed by atoms with van der Waals surface area (Å²) in [5.41, 5.74) is 2.83. The van der Waals surface area contributed by atoms with E-state index in [1.165, 1.54) is 28.8 Å². The molecule has 118 valence electrons. The van der Waals surface area contributed by atoms with E-state index in [1.54, 1.807) is 0 Å². The molecule has 1 unspecified atom stereocenters. The summed E-state index contributed by atoms with van der Waals surface area (Å²) in [6.45, 7) is 2.22. The third-order valence-corrected chi connectivity index (χ3v) is 6.67. The van der Waals surface area contributed by atoms with Crippen LogP contribution in [-0.2, 0) is 12.8 Å². The first-order valence-electron chi connectivity index (χ1n) is 7.86. The number of likely N-dealkylation sites (N-methyl/N-ethyl adjacent to an activating group) is 1. The lowest BCUT2D eigenvalue weighted by molar-refractivity contribution is 0.301. The van der Waals surface area contributed by atoms with Crippen LogP contribution in [0.25, 0.3) is 0 Å². The van der Waals surface area contributed by atoms with Crippen LogP contribution in [0.5, 0.6) is 5.75 Å². The number of thiophene rings is 1. The van der Waals surface area contributed by atoms with E-state index in [0.717, 1.165) is 29.5 Å². The van der Waals surface area contributed by atoms with Crippen LogP contribution in [0.4, 0.5) is 0 Å². The third kappa shape index (κ3) is 3.66. The second-order valence-corrected chi connectivity index (χ2v) is 8.26. The highest BCUT2D eigenvalue weighted by Crippen LogP contribution is 2.37. The number of hydrogen-bond donors (Lipinski definition) is 1. The summed E-state index contributed by atoms with van der Waals surface area (Å²) < 4.78 is 1.06. The molecule has 1 atom stereocenters. The van der Waals surface area contributed by atoms with E-state index in [9.17, 15) is 5.11 Å². The summed E-state index contributed by atoms with van der Waals surface area (Å²) >= 11 is 4.14. The summed E-state index contributed by atoms with van der Waals surface area (Å²) in [6.07, 6.45) is 4.74. The minimum absolute atomic E-state index is 0.436. The van der Waals surface area contributed by atoms with E-state index in [-0.39, 0.29) is 0 Å². The lowest BCUT2D eigenvalue weighted by Gasteiger charge is -2.30. The smallest absolute Gasteiger partial charge is 0.129 e. The number of rotatable bonds is 5. The third-order valence-electron chi connectivity index (χ3n) is 4.53. The van der Waals surface area contributed by atoms with Crippen molar-refractivity contribution in [1.29, 1.82) is 0 Å². The lowest BCUT2D eigenvalue weighted by atomic mass is 9.82. The fourth-order valence-electron chi connectivity index (χ4n) is 3.35. The molecule has 2 aromatic rings. The van der Waals surface area contributed by atoms with Crippen LogP contribution < -0.4 is 0 Å². The molecule has 1 aromatic carbocycles. The Bertz CT molecular complexity index is 626. The van der Waals surface area contributed by atoms with Crippen molar-refractivity contribution in [2.24, 2.45) is 0 Å². The van der Waals surface area contributed by atoms with Crippen molar-refractivity contribution < 1.29 is 5.11 Å². The van der Waals surface area contributed by atoms with Gasteiger partial charge in [-0.15, -0.1) is 11.3 Å². The SMILES string of the molecule is CN(CCc1cccs1)CC1CCCc2c1ccc(O)c2I. The molecule has 1 aliphatic rings. The van der Waals surface area contributed by atoms with Gasteiger partial charge in [0.05, 0.1) is 3.57 Å². The van der Waals surface area contributed by atoms with Gasteiger partial charge >= 0.3 is 0 Å². The van der Waals surface area contributed by atoms with Gasteiger partial charge in [-0.1, -0.05) is 12.1 Å². The Balaban J connectivity index is 1.65. The maximum Gasteiger partial charge on any atom is 0.129 e. The van der Waals surface area contributed by atoms with Gasteiger partial charge in [-0.25, -0.2) is 0 Å². The first-order valence-corrected chi connectivity index (χ1v) is 9.82. The number of phenols is 1. The van der Waals surface area contributed by atoms with E-state index in [2.05, 4.69) is 58.1 Å². The Hall–Kier alpha value is -0.590. The number of phenolic OH excluding ortho intramolecular Hbond substituents is 1. The number of fused-ring (bicyclic) bond motifs is 1. The van der Waals surface area contributed by atoms with Crippen LogP contribution in [0.3, 0.4) is 0 Å². The summed E-state index contributed by atoms with van der Waals surface area (Å²) in [6, 6.07) is 8.36. The number of benzene rings is 1. The molecule has 22 heavy (non-hydrogen) atoms. The zero-order valence-corrected chi connectivity index (χ0v) is 15.9. The maximum atomic E-state index is 9.92. The van der Waals surface area contributed by atoms with Crippen LogP contribution in [0.15, 0.2) is 29.6 Å². The molecule has 2 nitrogen and oxygen atoms in total. The molecule has 1 aromatic heterocycles. The van der Waals surface area contributed by atoms with Crippen LogP contribution in [-0.4, -0.2) is 30.1 Å². The van der Waals surface area contributed by atoms with Crippen molar-refractivity contribution in [2.45, 2.75) is 31.6 Å². The number of hydrogen-bond acceptors (Lipinski definition) is 3. The molecule has 0 fully saturated rings. The van der Waals surface area contributed by atoms with Crippen LogP contribution >= 0.6 is 33.9 Å². The van der Waals surface area contributed by atoms with Gasteiger partial charge in [0, 0.05) is 18.0 Å². The first-order chi connectivity index (χ1) is 10.6. The van der Waals surface area contributed by atoms with E-state index in [0.29, 0.717) is 11.7 Å². The molecule has 0 spiro atoms. The van der Waals surface area contributed by atoms with Gasteiger partial charge in [-0.3, -0.25) is 0 Å². The summed E-state index contributed by atoms with van der Waals surface area (Å²) in [5, 5.41) is 12.1. The Morgan fingerprint density at radius 3 is 3.00 bits per heavy atom. The minimum atomic E-state index is 0.436. The van der Waals surface area contributed by atoms with Gasteiger partial charge in [0.15, 0.2) is 0 Å². The van der Waals surface area contributed by atoms with Gasteiger partial charge in [0.1, 0.15) is 5.75 Å². The molecule has 0 radical (unpaired) electrons. The van der Waals surface area contributed by atoms with Crippen molar-refractivity contribution in [3.63, 3.8) is 0 Å². The number of nitrogens with zero attached hydrogens (tertiary/aromatic N) is 1. The molecule has 4 heteroatoms. The second kappa shape index (κ2) is 7.32. The average molecular weight is 427 g/mol. The maximum absolute atomic E-state index is 9.92. The minimum Gasteiger partial charge on any atom is -0.507 e. The van der Waals surface area contributed by atoms with Crippen molar-refractivity contribution in [3.8, 4) is 5.75 Å². The highest BCUT2D eigenvalue weighted by molar-refractivity contribution is 14.1. The predicted molar refractivity (Wildman–Crippen MR) is 102 cm³/mol. The molecule has 0 bridgehead atoms. The number of halogens is 1. The van der Waals surface area contributed by atoms with Crippen molar-refractivity contribution in [1.82, 2.24) is 4.90 Å². The Morgan fingerprint density at radius 2 is 2.23 bits per heavy atom. The fraction of sp³-hybridized carbons (Fsp3) is 0.444. The molecular formula is C18H22INOS. The standard InChI is InChI=1S/C18H22INOS/c1-20(10-9-14-5-3-11-22-14)12-13-4-2-6-16-15(13)7-8-17(21)18(16)19/h3,5,7-8,11,13,21H,2,4,6,9-10,12H2,1H3. The molecule has 3 rings (SSSR count). The highest BCUT2D eigenvalue weighted by Gasteiger charge is 2.24. The lowest BCUT2D eigenvalue weighted by Crippen LogP contribution is -2.28. The van der Waals surface area contributed by atoms with Crippen LogP contribution in [0.2, 0.25) is 0 Å². The molecule has 0 amide bonds. The zero-order chi connectivity index (χ0) is 15.5. The van der Waals surface area contributed by atoms with Crippen molar-refractivity contribution >= 4 is 33.9 Å². The molecule has 1 N–H and O–H groups in total. The molecule has 1 aliphatic carbocycles. The van der Waals surface area contributed by atoms with E-state index in [1.807, 2.05) is 17.4 Å². The van der Waals surface area contributed by atoms with Gasteiger partial charge in [-0.2, -0.15) is 0 Å². The summed E-state index contributed by atoms with van der Waals surface area (Å²) in [4.78, 5) is 3.93. The van der Waals surface area contributed by atoms with Gasteiger partial charge in [-0.05, 0) is 89.9 Å². The molecule has 0 saturated carbocycles. The summed E-state index contributed by atoms with van der Waals surface area (Å²) in [5.74, 6) is 1.04. The van der Waals surface area contributed by atoms with Gasteiger partial charge in [0.2, 0.25) is 0 Å². The van der Waals surface area contributed by atoms with E-state index in [4.69, 9.17) is 0 Å². The predicted octanol–water partition coefficient (Wildman–Crippen LogP) is 4.65. The molecular weight excluding hydrogens is 405 g/mol. The monoisotopic (exact) mass is 427 g/mol. The summed E-state index contributed by atoms with van der Waals surface area (Å²) in [7, 11) is 2.23. The van der Waals surface area contributed by atoms with Gasteiger partial charge < -0.3 is 10.0 Å². The topological polar surface area (TPSA) is 23.5 Å². The Kier molecular flexibility index (Phi) is 5.42. The van der Waals surface area contributed by atoms with Gasteiger partial charge in [0.25, 0.3) is 0 Å².